The Labute approximate surface area is 167 Å². The van der Waals surface area contributed by atoms with E-state index < -0.39 is 0 Å². The number of allylic oxidation sites excluding steroid dienone is 1. The Bertz CT molecular complexity index is 927. The Morgan fingerprint density at radius 1 is 1.15 bits per heavy atom. The standard InChI is InChI=1S/C20H23ClN4.C2H6/c1-5-13(3)11-12-17-14(4)19(23-20(21)22-17)25-18-10-8-7-9-15(18)16(6-2)24-25;1-2/h7-13H,5-6H2,1-4H3;1-2H3/b12-11-;. The van der Waals surface area contributed by atoms with Gasteiger partial charge in [0.1, 0.15) is 0 Å². The van der Waals surface area contributed by atoms with E-state index in [0.29, 0.717) is 5.92 Å². The highest BCUT2D eigenvalue weighted by molar-refractivity contribution is 6.28. The first-order chi connectivity index (χ1) is 13.0. The van der Waals surface area contributed by atoms with E-state index in [4.69, 9.17) is 16.7 Å². The molecule has 0 radical (unpaired) electrons. The van der Waals surface area contributed by atoms with Crippen LogP contribution >= 0.6 is 11.6 Å². The molecule has 0 aliphatic heterocycles. The quantitative estimate of drug-likeness (QED) is 0.476. The molecule has 144 valence electrons. The van der Waals surface area contributed by atoms with Crippen molar-refractivity contribution >= 4 is 28.6 Å². The van der Waals surface area contributed by atoms with E-state index in [1.807, 2.05) is 43.7 Å². The number of fused-ring (bicyclic) bond motifs is 1. The molecule has 0 N–H and O–H groups in total. The number of aryl methyl sites for hydroxylation is 1. The number of aromatic nitrogens is 4. The van der Waals surface area contributed by atoms with Crippen molar-refractivity contribution in [2.75, 3.05) is 0 Å². The highest BCUT2D eigenvalue weighted by Gasteiger charge is 2.16. The Morgan fingerprint density at radius 3 is 2.52 bits per heavy atom. The van der Waals surface area contributed by atoms with E-state index in [1.165, 1.54) is 0 Å². The third kappa shape index (κ3) is 4.56. The summed E-state index contributed by atoms with van der Waals surface area (Å²) in [7, 11) is 0. The lowest BCUT2D eigenvalue weighted by Crippen LogP contribution is -2.06. The van der Waals surface area contributed by atoms with Gasteiger partial charge in [0.2, 0.25) is 5.28 Å². The molecule has 1 aromatic carbocycles. The fourth-order valence-corrected chi connectivity index (χ4v) is 2.98. The topological polar surface area (TPSA) is 43.6 Å². The van der Waals surface area contributed by atoms with Crippen LogP contribution in [0.1, 0.15) is 58.0 Å². The molecule has 5 heteroatoms. The van der Waals surface area contributed by atoms with E-state index in [9.17, 15) is 0 Å². The smallest absolute Gasteiger partial charge is 0.218 e. The second kappa shape index (κ2) is 9.65. The zero-order chi connectivity index (χ0) is 20.0. The van der Waals surface area contributed by atoms with Gasteiger partial charge in [-0.05, 0) is 43.0 Å². The molecule has 0 aliphatic carbocycles. The lowest BCUT2D eigenvalue weighted by molar-refractivity contribution is 0.701. The fraction of sp³-hybridized carbons (Fsp3) is 0.409. The summed E-state index contributed by atoms with van der Waals surface area (Å²) < 4.78 is 1.89. The molecule has 2 aromatic heterocycles. The molecular formula is C22H29ClN4. The monoisotopic (exact) mass is 384 g/mol. The zero-order valence-corrected chi connectivity index (χ0v) is 17.9. The number of hydrogen-bond donors (Lipinski definition) is 0. The van der Waals surface area contributed by atoms with Crippen molar-refractivity contribution < 1.29 is 0 Å². The van der Waals surface area contributed by atoms with Crippen LogP contribution < -0.4 is 0 Å². The SMILES string of the molecule is CC.CCc1nn(-c2nc(Cl)nc(/C=C\C(C)CC)c2C)c2ccccc12. The minimum atomic E-state index is 0.238. The third-order valence-corrected chi connectivity index (χ3v) is 4.73. The van der Waals surface area contributed by atoms with Crippen molar-refractivity contribution in [2.45, 2.75) is 54.4 Å². The number of halogens is 1. The normalized spacial score (nSPS) is 12.3. The molecule has 0 aliphatic rings. The minimum Gasteiger partial charge on any atom is -0.218 e. The van der Waals surface area contributed by atoms with Crippen LogP contribution in [0.5, 0.6) is 0 Å². The molecule has 0 bridgehead atoms. The summed E-state index contributed by atoms with van der Waals surface area (Å²) in [6.07, 6.45) is 6.15. The maximum Gasteiger partial charge on any atom is 0.224 e. The molecule has 0 saturated heterocycles. The van der Waals surface area contributed by atoms with Gasteiger partial charge >= 0.3 is 0 Å². The Kier molecular flexibility index (Phi) is 7.55. The van der Waals surface area contributed by atoms with Gasteiger partial charge in [0, 0.05) is 10.9 Å². The van der Waals surface area contributed by atoms with E-state index in [2.05, 4.69) is 48.9 Å². The molecule has 27 heavy (non-hydrogen) atoms. The summed E-state index contributed by atoms with van der Waals surface area (Å²) in [5.74, 6) is 1.23. The molecule has 1 unspecified atom stereocenters. The largest absolute Gasteiger partial charge is 0.224 e. The summed E-state index contributed by atoms with van der Waals surface area (Å²) in [5, 5.41) is 6.16. The number of benzene rings is 1. The van der Waals surface area contributed by atoms with Gasteiger partial charge in [0.05, 0.1) is 16.9 Å². The molecule has 1 atom stereocenters. The van der Waals surface area contributed by atoms with Crippen molar-refractivity contribution in [3.8, 4) is 5.82 Å². The van der Waals surface area contributed by atoms with Crippen molar-refractivity contribution in [3.63, 3.8) is 0 Å². The maximum absolute atomic E-state index is 6.22. The summed E-state index contributed by atoms with van der Waals surface area (Å²) in [6, 6.07) is 8.21. The molecule has 4 nitrogen and oxygen atoms in total. The number of hydrogen-bond acceptors (Lipinski definition) is 3. The van der Waals surface area contributed by atoms with Crippen molar-refractivity contribution in [1.82, 2.24) is 19.7 Å². The Hall–Kier alpha value is -2.20. The predicted molar refractivity (Wildman–Crippen MR) is 116 cm³/mol. The highest BCUT2D eigenvalue weighted by Crippen LogP contribution is 2.25. The van der Waals surface area contributed by atoms with Crippen LogP contribution in [0, 0.1) is 12.8 Å². The summed E-state index contributed by atoms with van der Waals surface area (Å²) in [6.45, 7) is 12.5. The summed E-state index contributed by atoms with van der Waals surface area (Å²) in [5.41, 5.74) is 3.91. The number of rotatable bonds is 5. The van der Waals surface area contributed by atoms with Gasteiger partial charge in [-0.3, -0.25) is 0 Å². The molecule has 3 aromatic rings. The second-order valence-corrected chi connectivity index (χ2v) is 6.64. The molecule has 2 heterocycles. The average Bonchev–Trinajstić information content (AvgIpc) is 3.08. The van der Waals surface area contributed by atoms with E-state index in [1.54, 1.807) is 0 Å². The van der Waals surface area contributed by atoms with Crippen LogP contribution in [0.3, 0.4) is 0 Å². The fourth-order valence-electron chi connectivity index (χ4n) is 2.81. The van der Waals surface area contributed by atoms with Gasteiger partial charge in [-0.1, -0.05) is 65.3 Å². The molecule has 0 amide bonds. The molecule has 0 spiro atoms. The van der Waals surface area contributed by atoms with Crippen molar-refractivity contribution in [3.05, 3.63) is 52.6 Å². The lowest BCUT2D eigenvalue weighted by atomic mass is 10.1. The molecule has 3 rings (SSSR count). The van der Waals surface area contributed by atoms with Crippen molar-refractivity contribution in [1.29, 1.82) is 0 Å². The van der Waals surface area contributed by atoms with Crippen molar-refractivity contribution in [2.24, 2.45) is 5.92 Å². The van der Waals surface area contributed by atoms with Gasteiger partial charge in [-0.15, -0.1) is 0 Å². The van der Waals surface area contributed by atoms with Crippen LogP contribution in [-0.4, -0.2) is 19.7 Å². The molecular weight excluding hydrogens is 356 g/mol. The van der Waals surface area contributed by atoms with Crippen LogP contribution in [0.4, 0.5) is 0 Å². The Morgan fingerprint density at radius 2 is 1.85 bits per heavy atom. The van der Waals surface area contributed by atoms with Crippen LogP contribution in [-0.2, 0) is 6.42 Å². The predicted octanol–water partition coefficient (Wildman–Crippen LogP) is 6.43. The summed E-state index contributed by atoms with van der Waals surface area (Å²) in [4.78, 5) is 8.87. The van der Waals surface area contributed by atoms with Crippen LogP contribution in [0.25, 0.3) is 22.8 Å². The first kappa shape index (κ1) is 21.1. The van der Waals surface area contributed by atoms with Gasteiger partial charge in [0.15, 0.2) is 5.82 Å². The van der Waals surface area contributed by atoms with E-state index in [0.717, 1.165) is 46.5 Å². The molecule has 0 fully saturated rings. The van der Waals surface area contributed by atoms with Gasteiger partial charge in [-0.2, -0.15) is 10.1 Å². The number of para-hydroxylation sites is 1. The average molecular weight is 385 g/mol. The highest BCUT2D eigenvalue weighted by atomic mass is 35.5. The van der Waals surface area contributed by atoms with Gasteiger partial charge in [0.25, 0.3) is 0 Å². The molecule has 0 saturated carbocycles. The van der Waals surface area contributed by atoms with Gasteiger partial charge in [-0.25, -0.2) is 9.67 Å². The maximum atomic E-state index is 6.22. The third-order valence-electron chi connectivity index (χ3n) is 4.56. The van der Waals surface area contributed by atoms with Crippen LogP contribution in [0.15, 0.2) is 30.3 Å². The second-order valence-electron chi connectivity index (χ2n) is 6.30. The van der Waals surface area contributed by atoms with Gasteiger partial charge < -0.3 is 0 Å². The first-order valence-electron chi connectivity index (χ1n) is 9.74. The zero-order valence-electron chi connectivity index (χ0n) is 17.1. The van der Waals surface area contributed by atoms with E-state index in [-0.39, 0.29) is 5.28 Å². The summed E-state index contributed by atoms with van der Waals surface area (Å²) >= 11 is 6.22. The Balaban J connectivity index is 0.00000126. The minimum absolute atomic E-state index is 0.238. The van der Waals surface area contributed by atoms with E-state index >= 15 is 0 Å². The van der Waals surface area contributed by atoms with Crippen LogP contribution in [0.2, 0.25) is 5.28 Å². The lowest BCUT2D eigenvalue weighted by Gasteiger charge is -2.10. The number of nitrogens with zero attached hydrogens (tertiary/aromatic N) is 4. The first-order valence-corrected chi connectivity index (χ1v) is 10.1.